The van der Waals surface area contributed by atoms with E-state index >= 15 is 0 Å². The first kappa shape index (κ1) is 20.3. The van der Waals surface area contributed by atoms with Crippen LogP contribution in [0.2, 0.25) is 0 Å². The van der Waals surface area contributed by atoms with Gasteiger partial charge in [0.1, 0.15) is 5.54 Å². The van der Waals surface area contributed by atoms with Gasteiger partial charge in [0, 0.05) is 19.3 Å². The summed E-state index contributed by atoms with van der Waals surface area (Å²) in [4.78, 5) is 12.1. The van der Waals surface area contributed by atoms with Gasteiger partial charge in [-0.25, -0.2) is 0 Å². The summed E-state index contributed by atoms with van der Waals surface area (Å²) in [5, 5.41) is 3.32. The van der Waals surface area contributed by atoms with Crippen LogP contribution in [-0.2, 0) is 19.0 Å². The Morgan fingerprint density at radius 2 is 1.71 bits per heavy atom. The topological polar surface area (TPSA) is 56.8 Å². The Labute approximate surface area is 129 Å². The largest absolute Gasteiger partial charge is 0.465 e. The van der Waals surface area contributed by atoms with E-state index in [4.69, 9.17) is 14.2 Å². The number of unbranched alkanes of at least 4 members (excludes halogenated alkanes) is 1. The molecule has 0 bridgehead atoms. The van der Waals surface area contributed by atoms with Gasteiger partial charge in [-0.05, 0) is 53.9 Å². The van der Waals surface area contributed by atoms with E-state index in [1.807, 2.05) is 34.6 Å². The first-order valence-corrected chi connectivity index (χ1v) is 8.06. The van der Waals surface area contributed by atoms with Crippen molar-refractivity contribution < 1.29 is 19.0 Å². The highest BCUT2D eigenvalue weighted by Crippen LogP contribution is 2.17. The molecule has 0 spiro atoms. The van der Waals surface area contributed by atoms with E-state index in [1.165, 1.54) is 0 Å². The van der Waals surface area contributed by atoms with Crippen molar-refractivity contribution >= 4 is 5.97 Å². The molecule has 0 saturated heterocycles. The molecule has 0 amide bonds. The number of carbonyl (C=O) groups excluding carboxylic acids is 1. The lowest BCUT2D eigenvalue weighted by Gasteiger charge is -2.30. The van der Waals surface area contributed by atoms with E-state index in [0.29, 0.717) is 26.4 Å². The minimum Gasteiger partial charge on any atom is -0.465 e. The molecule has 21 heavy (non-hydrogen) atoms. The quantitative estimate of drug-likeness (QED) is 0.418. The molecule has 1 N–H and O–H groups in total. The molecular formula is C16H33NO4. The lowest BCUT2D eigenvalue weighted by molar-refractivity contribution is -0.151. The molecule has 0 aromatic heterocycles. The summed E-state index contributed by atoms with van der Waals surface area (Å²) in [6.45, 7) is 12.9. The summed E-state index contributed by atoms with van der Waals surface area (Å²) in [5.41, 5.74) is -0.616. The van der Waals surface area contributed by atoms with Crippen LogP contribution in [-0.4, -0.2) is 50.6 Å². The van der Waals surface area contributed by atoms with Gasteiger partial charge >= 0.3 is 5.97 Å². The Bertz CT molecular complexity index is 271. The lowest BCUT2D eigenvalue weighted by Crippen LogP contribution is -2.53. The van der Waals surface area contributed by atoms with Crippen LogP contribution < -0.4 is 5.32 Å². The number of ether oxygens (including phenoxy) is 3. The third kappa shape index (κ3) is 9.82. The maximum Gasteiger partial charge on any atom is 0.326 e. The van der Waals surface area contributed by atoms with Crippen LogP contribution in [0.5, 0.6) is 0 Å². The molecule has 126 valence electrons. The van der Waals surface area contributed by atoms with Crippen LogP contribution in [0.25, 0.3) is 0 Å². The van der Waals surface area contributed by atoms with Gasteiger partial charge in [-0.1, -0.05) is 0 Å². The van der Waals surface area contributed by atoms with Crippen molar-refractivity contribution in [2.75, 3.05) is 33.0 Å². The van der Waals surface area contributed by atoms with E-state index in [0.717, 1.165) is 25.9 Å². The van der Waals surface area contributed by atoms with Gasteiger partial charge in [-0.15, -0.1) is 0 Å². The van der Waals surface area contributed by atoms with Gasteiger partial charge in [-0.3, -0.25) is 10.1 Å². The first-order valence-electron chi connectivity index (χ1n) is 8.06. The van der Waals surface area contributed by atoms with Crippen LogP contribution in [0.15, 0.2) is 0 Å². The van der Waals surface area contributed by atoms with Crippen molar-refractivity contribution in [2.24, 2.45) is 0 Å². The molecule has 0 aliphatic rings. The fourth-order valence-corrected chi connectivity index (χ4v) is 2.21. The van der Waals surface area contributed by atoms with E-state index < -0.39 is 5.54 Å². The van der Waals surface area contributed by atoms with Crippen molar-refractivity contribution in [1.29, 1.82) is 0 Å². The molecule has 0 rings (SSSR count). The number of carbonyl (C=O) groups is 1. The highest BCUT2D eigenvalue weighted by atomic mass is 16.5. The second-order valence-corrected chi connectivity index (χ2v) is 5.62. The number of esters is 1. The molecule has 5 heteroatoms. The second kappa shape index (κ2) is 12.0. The number of nitrogens with one attached hydrogen (secondary N) is 1. The van der Waals surface area contributed by atoms with Crippen LogP contribution in [0, 0.1) is 0 Å². The molecule has 1 atom stereocenters. The summed E-state index contributed by atoms with van der Waals surface area (Å²) in [7, 11) is 0. The molecule has 0 heterocycles. The number of hydrogen-bond acceptors (Lipinski definition) is 5. The summed E-state index contributed by atoms with van der Waals surface area (Å²) >= 11 is 0. The smallest absolute Gasteiger partial charge is 0.326 e. The minimum atomic E-state index is -0.616. The van der Waals surface area contributed by atoms with Crippen molar-refractivity contribution in [3.8, 4) is 0 Å². The molecule has 0 aromatic rings. The average Bonchev–Trinajstić information content (AvgIpc) is 2.41. The zero-order chi connectivity index (χ0) is 16.1. The zero-order valence-electron chi connectivity index (χ0n) is 14.4. The normalized spacial score (nSPS) is 14.2. The van der Waals surface area contributed by atoms with Gasteiger partial charge < -0.3 is 14.2 Å². The summed E-state index contributed by atoms with van der Waals surface area (Å²) in [6, 6.07) is 0.238. The Kier molecular flexibility index (Phi) is 11.6. The molecule has 5 nitrogen and oxygen atoms in total. The van der Waals surface area contributed by atoms with Crippen molar-refractivity contribution in [2.45, 2.75) is 65.5 Å². The summed E-state index contributed by atoms with van der Waals surface area (Å²) in [5.74, 6) is -0.170. The first-order chi connectivity index (χ1) is 9.96. The van der Waals surface area contributed by atoms with Crippen molar-refractivity contribution in [3.05, 3.63) is 0 Å². The fraction of sp³-hybridized carbons (Fsp3) is 0.938. The Morgan fingerprint density at radius 3 is 2.29 bits per heavy atom. The molecular weight excluding hydrogens is 270 g/mol. The molecule has 0 fully saturated rings. The molecule has 0 aromatic carbocycles. The standard InChI is InChI=1S/C16H33NO4/c1-6-19-12-13-20-11-9-8-10-16(5,17-14(3)4)15(18)21-7-2/h14,17H,6-13H2,1-5H3. The summed E-state index contributed by atoms with van der Waals surface area (Å²) in [6.07, 6.45) is 2.60. The van der Waals surface area contributed by atoms with E-state index in [9.17, 15) is 4.79 Å². The van der Waals surface area contributed by atoms with Gasteiger partial charge in [0.05, 0.1) is 19.8 Å². The molecule has 1 unspecified atom stereocenters. The predicted octanol–water partition coefficient (Wildman–Crippen LogP) is 2.53. The van der Waals surface area contributed by atoms with Crippen LogP contribution in [0.4, 0.5) is 0 Å². The fourth-order valence-electron chi connectivity index (χ4n) is 2.21. The highest BCUT2D eigenvalue weighted by Gasteiger charge is 2.34. The van der Waals surface area contributed by atoms with Crippen LogP contribution in [0.1, 0.15) is 53.9 Å². The molecule has 0 aliphatic carbocycles. The maximum atomic E-state index is 12.1. The average molecular weight is 303 g/mol. The highest BCUT2D eigenvalue weighted by molar-refractivity contribution is 5.80. The van der Waals surface area contributed by atoms with Gasteiger partial charge in [-0.2, -0.15) is 0 Å². The van der Waals surface area contributed by atoms with E-state index in [-0.39, 0.29) is 12.0 Å². The van der Waals surface area contributed by atoms with Crippen LogP contribution >= 0.6 is 0 Å². The monoisotopic (exact) mass is 303 g/mol. The van der Waals surface area contributed by atoms with E-state index in [2.05, 4.69) is 5.32 Å². The van der Waals surface area contributed by atoms with Crippen molar-refractivity contribution in [3.63, 3.8) is 0 Å². The van der Waals surface area contributed by atoms with E-state index in [1.54, 1.807) is 0 Å². The lowest BCUT2D eigenvalue weighted by atomic mass is 9.94. The van der Waals surface area contributed by atoms with Gasteiger partial charge in [0.2, 0.25) is 0 Å². The molecule has 0 saturated carbocycles. The van der Waals surface area contributed by atoms with Gasteiger partial charge in [0.25, 0.3) is 0 Å². The Balaban J connectivity index is 3.99. The Hall–Kier alpha value is -0.650. The van der Waals surface area contributed by atoms with Crippen LogP contribution in [0.3, 0.4) is 0 Å². The van der Waals surface area contributed by atoms with Gasteiger partial charge in [0.15, 0.2) is 0 Å². The molecule has 0 aliphatic heterocycles. The minimum absolute atomic E-state index is 0.170. The zero-order valence-corrected chi connectivity index (χ0v) is 14.4. The second-order valence-electron chi connectivity index (χ2n) is 5.62. The summed E-state index contributed by atoms with van der Waals surface area (Å²) < 4.78 is 15.9. The SMILES string of the molecule is CCOCCOCCCCC(C)(NC(C)C)C(=O)OCC. The third-order valence-corrected chi connectivity index (χ3v) is 3.12. The predicted molar refractivity (Wildman–Crippen MR) is 84.5 cm³/mol. The van der Waals surface area contributed by atoms with Crippen molar-refractivity contribution in [1.82, 2.24) is 5.32 Å². The Morgan fingerprint density at radius 1 is 1.05 bits per heavy atom. The third-order valence-electron chi connectivity index (χ3n) is 3.12. The number of rotatable bonds is 13. The molecule has 0 radical (unpaired) electrons. The number of hydrogen-bond donors (Lipinski definition) is 1. The maximum absolute atomic E-state index is 12.1.